The van der Waals surface area contributed by atoms with Crippen LogP contribution in [0.4, 0.5) is 22.0 Å². The van der Waals surface area contributed by atoms with Crippen molar-refractivity contribution in [3.05, 3.63) is 137 Å². The van der Waals surface area contributed by atoms with E-state index in [0.717, 1.165) is 16.7 Å². The first kappa shape index (κ1) is 27.7. The van der Waals surface area contributed by atoms with Crippen LogP contribution < -0.4 is 0 Å². The van der Waals surface area contributed by atoms with E-state index in [1.54, 1.807) is 11.8 Å². The Bertz CT molecular complexity index is 1130. The summed E-state index contributed by atoms with van der Waals surface area (Å²) in [6.45, 7) is 0. The zero-order valence-corrected chi connectivity index (χ0v) is 20.0. The van der Waals surface area contributed by atoms with Crippen molar-refractivity contribution in [3.8, 4) is 5.75 Å². The van der Waals surface area contributed by atoms with Crippen molar-refractivity contribution in [3.63, 3.8) is 0 Å². The average molecular weight is 533 g/mol. The van der Waals surface area contributed by atoms with Crippen LogP contribution in [0.5, 0.6) is 5.75 Å². The zero-order valence-electron chi connectivity index (χ0n) is 19.2. The van der Waals surface area contributed by atoms with Gasteiger partial charge in [0.15, 0.2) is 5.75 Å². The quantitative estimate of drug-likeness (QED) is 0.114. The van der Waals surface area contributed by atoms with E-state index in [1.807, 2.05) is 54.6 Å². The molecule has 2 N–H and O–H groups in total. The lowest BCUT2D eigenvalue weighted by molar-refractivity contribution is -0.136. The molecule has 9 heteroatoms. The Morgan fingerprint density at radius 2 is 0.946 bits per heavy atom. The maximum absolute atomic E-state index is 12.2. The molecular weight excluding hydrogens is 511 g/mol. The number of hydrogen-bond donors (Lipinski definition) is 2. The van der Waals surface area contributed by atoms with E-state index < -0.39 is 45.6 Å². The van der Waals surface area contributed by atoms with Gasteiger partial charge in [0.1, 0.15) is 0 Å². The standard InChI is InChI=1S/C22H20O2S.C6HF5O/c23-21(24)16-17-25-22(18-10-4-1-5-11-18,19-12-6-2-7-13-19)20-14-8-3-9-15-20;7-1-2(8)4(10)6(12)5(11)3(1)9/h1-15H,16-17H2,(H,23,24);12H. The monoisotopic (exact) mass is 532 g/mol. The molecule has 0 heterocycles. The second-order valence-electron chi connectivity index (χ2n) is 7.69. The maximum atomic E-state index is 12.2. The number of phenolic OH excluding ortho intramolecular Hbond substituents is 1. The lowest BCUT2D eigenvalue weighted by Crippen LogP contribution is -2.26. The van der Waals surface area contributed by atoms with Crippen LogP contribution in [-0.2, 0) is 9.54 Å². The lowest BCUT2D eigenvalue weighted by atomic mass is 9.84. The summed E-state index contributed by atoms with van der Waals surface area (Å²) in [7, 11) is 0. The molecule has 0 unspecified atom stereocenters. The molecular formula is C28H21F5O3S. The van der Waals surface area contributed by atoms with Crippen molar-refractivity contribution in [1.29, 1.82) is 0 Å². The summed E-state index contributed by atoms with van der Waals surface area (Å²) in [5.41, 5.74) is 3.47. The maximum Gasteiger partial charge on any atom is 0.304 e. The summed E-state index contributed by atoms with van der Waals surface area (Å²) < 4.78 is 60.2. The van der Waals surface area contributed by atoms with Crippen LogP contribution >= 0.6 is 11.8 Å². The van der Waals surface area contributed by atoms with Gasteiger partial charge in [0.05, 0.1) is 11.2 Å². The van der Waals surface area contributed by atoms with Gasteiger partial charge >= 0.3 is 5.97 Å². The molecule has 0 spiro atoms. The molecule has 3 nitrogen and oxygen atoms in total. The van der Waals surface area contributed by atoms with Crippen molar-refractivity contribution in [1.82, 2.24) is 0 Å². The molecule has 37 heavy (non-hydrogen) atoms. The number of aliphatic carboxylic acids is 1. The lowest BCUT2D eigenvalue weighted by Gasteiger charge is -2.35. The molecule has 4 aromatic rings. The van der Waals surface area contributed by atoms with Gasteiger partial charge in [-0.15, -0.1) is 11.8 Å². The molecule has 0 saturated heterocycles. The van der Waals surface area contributed by atoms with E-state index in [9.17, 15) is 26.7 Å². The van der Waals surface area contributed by atoms with Gasteiger partial charge in [0.25, 0.3) is 0 Å². The second-order valence-corrected chi connectivity index (χ2v) is 9.00. The van der Waals surface area contributed by atoms with Gasteiger partial charge in [-0.3, -0.25) is 4.79 Å². The summed E-state index contributed by atoms with van der Waals surface area (Å²) in [4.78, 5) is 11.1. The third-order valence-electron chi connectivity index (χ3n) is 5.36. The van der Waals surface area contributed by atoms with Crippen LogP contribution in [0.3, 0.4) is 0 Å². The minimum atomic E-state index is -2.29. The van der Waals surface area contributed by atoms with Gasteiger partial charge in [-0.05, 0) is 16.7 Å². The Balaban J connectivity index is 0.000000266. The van der Waals surface area contributed by atoms with Crippen LogP contribution in [0.15, 0.2) is 91.0 Å². The number of carboxylic acid groups (broad SMARTS) is 1. The topological polar surface area (TPSA) is 57.5 Å². The number of rotatable bonds is 7. The Labute approximate surface area is 214 Å². The molecule has 4 aromatic carbocycles. The van der Waals surface area contributed by atoms with Crippen LogP contribution in [0, 0.1) is 29.1 Å². The second kappa shape index (κ2) is 12.4. The zero-order chi connectivity index (χ0) is 27.0. The molecule has 0 saturated carbocycles. The molecule has 0 atom stereocenters. The fourth-order valence-electron chi connectivity index (χ4n) is 3.65. The third-order valence-corrected chi connectivity index (χ3v) is 6.91. The van der Waals surface area contributed by atoms with Crippen molar-refractivity contribution in [2.45, 2.75) is 11.2 Å². The van der Waals surface area contributed by atoms with Crippen molar-refractivity contribution < 1.29 is 37.0 Å². The minimum Gasteiger partial charge on any atom is -0.503 e. The number of benzene rings is 4. The highest BCUT2D eigenvalue weighted by atomic mass is 32.2. The SMILES string of the molecule is O=C(O)CCSC(c1ccccc1)(c1ccccc1)c1ccccc1.Oc1c(F)c(F)c(F)c(F)c1F. The summed E-state index contributed by atoms with van der Waals surface area (Å²) in [6.07, 6.45) is 0.138. The number of thioether (sulfide) groups is 1. The first-order valence-electron chi connectivity index (χ1n) is 10.9. The molecule has 0 radical (unpaired) electrons. The number of carbonyl (C=O) groups is 1. The number of carboxylic acids is 1. The van der Waals surface area contributed by atoms with Crippen molar-refractivity contribution in [2.24, 2.45) is 0 Å². The van der Waals surface area contributed by atoms with Gasteiger partial charge < -0.3 is 10.2 Å². The molecule has 192 valence electrons. The Morgan fingerprint density at radius 1 is 0.622 bits per heavy atom. The van der Waals surface area contributed by atoms with Crippen LogP contribution in [-0.4, -0.2) is 21.9 Å². The van der Waals surface area contributed by atoms with Gasteiger partial charge in [-0.2, -0.15) is 8.78 Å². The predicted molar refractivity (Wildman–Crippen MR) is 132 cm³/mol. The summed E-state index contributed by atoms with van der Waals surface area (Å²) >= 11 is 1.68. The average Bonchev–Trinajstić information content (AvgIpc) is 2.94. The normalized spacial score (nSPS) is 10.9. The summed E-state index contributed by atoms with van der Waals surface area (Å²) in [5, 5.41) is 17.4. The highest BCUT2D eigenvalue weighted by molar-refractivity contribution is 8.00. The molecule has 0 aromatic heterocycles. The molecule has 0 fully saturated rings. The minimum absolute atomic E-state index is 0.138. The smallest absolute Gasteiger partial charge is 0.304 e. The van der Waals surface area contributed by atoms with Crippen LogP contribution in [0.1, 0.15) is 23.1 Å². The van der Waals surface area contributed by atoms with Crippen LogP contribution in [0.25, 0.3) is 0 Å². The number of hydrogen-bond acceptors (Lipinski definition) is 3. The Morgan fingerprint density at radius 3 is 1.27 bits per heavy atom. The molecule has 4 rings (SSSR count). The summed E-state index contributed by atoms with van der Waals surface area (Å²) in [6, 6.07) is 30.9. The predicted octanol–water partition coefficient (Wildman–Crippen LogP) is 7.27. The van der Waals surface area contributed by atoms with E-state index in [2.05, 4.69) is 36.4 Å². The van der Waals surface area contributed by atoms with E-state index in [0.29, 0.717) is 5.75 Å². The van der Waals surface area contributed by atoms with E-state index in [4.69, 9.17) is 10.2 Å². The first-order valence-corrected chi connectivity index (χ1v) is 11.9. The number of aromatic hydroxyl groups is 1. The van der Waals surface area contributed by atoms with Gasteiger partial charge in [0.2, 0.25) is 29.1 Å². The molecule has 0 bridgehead atoms. The highest BCUT2D eigenvalue weighted by Crippen LogP contribution is 2.48. The Kier molecular flexibility index (Phi) is 9.30. The van der Waals surface area contributed by atoms with Gasteiger partial charge in [-0.1, -0.05) is 91.0 Å². The van der Waals surface area contributed by atoms with E-state index in [-0.39, 0.29) is 6.42 Å². The molecule has 0 amide bonds. The largest absolute Gasteiger partial charge is 0.503 e. The molecule has 0 aliphatic heterocycles. The number of halogens is 5. The van der Waals surface area contributed by atoms with E-state index in [1.165, 1.54) is 0 Å². The molecule has 0 aliphatic carbocycles. The number of phenols is 1. The highest BCUT2D eigenvalue weighted by Gasteiger charge is 2.36. The third kappa shape index (κ3) is 6.11. The van der Waals surface area contributed by atoms with E-state index >= 15 is 0 Å². The fourth-order valence-corrected chi connectivity index (χ4v) is 5.14. The fraction of sp³-hybridized carbons (Fsp3) is 0.107. The summed E-state index contributed by atoms with van der Waals surface area (Å²) in [5.74, 6) is -13.2. The Hall–Kier alpha value is -3.85. The van der Waals surface area contributed by atoms with Crippen molar-refractivity contribution in [2.75, 3.05) is 5.75 Å². The first-order chi connectivity index (χ1) is 17.7. The van der Waals surface area contributed by atoms with Crippen molar-refractivity contribution >= 4 is 17.7 Å². The van der Waals surface area contributed by atoms with Gasteiger partial charge in [0, 0.05) is 5.75 Å². The molecule has 0 aliphatic rings. The van der Waals surface area contributed by atoms with Crippen LogP contribution in [0.2, 0.25) is 0 Å². The van der Waals surface area contributed by atoms with Gasteiger partial charge in [-0.25, -0.2) is 13.2 Å².